The van der Waals surface area contributed by atoms with Gasteiger partial charge in [0, 0.05) is 22.8 Å². The van der Waals surface area contributed by atoms with Crippen molar-refractivity contribution in [2.45, 2.75) is 39.4 Å². The largest absolute Gasteiger partial charge is 0.481 e. The van der Waals surface area contributed by atoms with Crippen molar-refractivity contribution >= 4 is 45.9 Å². The molecule has 35 heavy (non-hydrogen) atoms. The molecule has 4 rings (SSSR count). The molecule has 0 radical (unpaired) electrons. The number of anilines is 1. The lowest BCUT2D eigenvalue weighted by atomic mass is 9.91. The highest BCUT2D eigenvalue weighted by molar-refractivity contribution is 6.30. The summed E-state index contributed by atoms with van der Waals surface area (Å²) in [5.74, 6) is -2.67. The maximum Gasteiger partial charge on any atom is 0.336 e. The number of aromatic carboxylic acids is 1. The lowest BCUT2D eigenvalue weighted by Crippen LogP contribution is -2.44. The van der Waals surface area contributed by atoms with Crippen LogP contribution in [0.1, 0.15) is 54.8 Å². The van der Waals surface area contributed by atoms with Gasteiger partial charge in [-0.3, -0.25) is 9.59 Å². The van der Waals surface area contributed by atoms with Crippen LogP contribution >= 0.6 is 11.6 Å². The van der Waals surface area contributed by atoms with Gasteiger partial charge in [0.1, 0.15) is 12.2 Å². The van der Waals surface area contributed by atoms with E-state index in [2.05, 4.69) is 0 Å². The van der Waals surface area contributed by atoms with Crippen molar-refractivity contribution in [2.24, 2.45) is 5.41 Å². The number of amides is 1. The maximum atomic E-state index is 13.6. The zero-order chi connectivity index (χ0) is 25.5. The Bertz CT molecular complexity index is 1330. The normalized spacial score (nSPS) is 18.3. The Hall–Kier alpha value is -3.42. The Kier molecular flexibility index (Phi) is 6.58. The number of carboxylic acid groups (broad SMARTS) is 2. The fourth-order valence-electron chi connectivity index (χ4n) is 4.48. The third-order valence-electron chi connectivity index (χ3n) is 5.87. The van der Waals surface area contributed by atoms with Crippen molar-refractivity contribution in [1.82, 2.24) is 0 Å². The minimum Gasteiger partial charge on any atom is -0.481 e. The summed E-state index contributed by atoms with van der Waals surface area (Å²) in [7, 11) is 0. The second-order valence-corrected chi connectivity index (χ2v) is 10.3. The summed E-state index contributed by atoms with van der Waals surface area (Å²) in [6, 6.07) is 15.3. The van der Waals surface area contributed by atoms with E-state index in [9.17, 15) is 24.6 Å². The van der Waals surface area contributed by atoms with Gasteiger partial charge in [0.05, 0.1) is 12.0 Å². The van der Waals surface area contributed by atoms with Crippen molar-refractivity contribution in [3.05, 3.63) is 76.3 Å². The summed E-state index contributed by atoms with van der Waals surface area (Å²) in [5, 5.41) is 20.8. The summed E-state index contributed by atoms with van der Waals surface area (Å²) in [5.41, 5.74) is 1.66. The summed E-state index contributed by atoms with van der Waals surface area (Å²) < 4.78 is 6.28. The van der Waals surface area contributed by atoms with E-state index < -0.39 is 36.5 Å². The average Bonchev–Trinajstić information content (AvgIpc) is 2.87. The van der Waals surface area contributed by atoms with E-state index in [-0.39, 0.29) is 11.0 Å². The van der Waals surface area contributed by atoms with Crippen LogP contribution < -0.4 is 4.90 Å². The molecule has 0 aromatic heterocycles. The number of fused-ring (bicyclic) bond motifs is 2. The summed E-state index contributed by atoms with van der Waals surface area (Å²) in [6.45, 7) is 6.31. The monoisotopic (exact) mass is 495 g/mol. The molecule has 1 aliphatic rings. The topological polar surface area (TPSA) is 104 Å². The number of nitrogens with zero attached hydrogens (tertiary/aromatic N) is 1. The molecule has 0 spiro atoms. The quantitative estimate of drug-likeness (QED) is 0.482. The molecule has 1 amide bonds. The first kappa shape index (κ1) is 24.7. The van der Waals surface area contributed by atoms with Gasteiger partial charge in [-0.1, -0.05) is 62.7 Å². The molecule has 0 aliphatic carbocycles. The zero-order valence-corrected chi connectivity index (χ0v) is 20.4. The van der Waals surface area contributed by atoms with E-state index >= 15 is 0 Å². The number of hydrogen-bond donors (Lipinski definition) is 2. The second-order valence-electron chi connectivity index (χ2n) is 9.84. The fraction of sp³-hybridized carbons (Fsp3) is 0.296. The van der Waals surface area contributed by atoms with Crippen molar-refractivity contribution in [1.29, 1.82) is 0 Å². The molecule has 8 heteroatoms. The molecule has 7 nitrogen and oxygen atoms in total. The van der Waals surface area contributed by atoms with Crippen LogP contribution in [0.4, 0.5) is 5.69 Å². The van der Waals surface area contributed by atoms with Crippen LogP contribution in [0, 0.1) is 5.41 Å². The van der Waals surface area contributed by atoms with Crippen LogP contribution in [0.2, 0.25) is 5.02 Å². The molecule has 0 fully saturated rings. The van der Waals surface area contributed by atoms with Crippen LogP contribution in [0.5, 0.6) is 0 Å². The van der Waals surface area contributed by atoms with Gasteiger partial charge in [0.15, 0.2) is 0 Å². The fourth-order valence-corrected chi connectivity index (χ4v) is 4.66. The highest BCUT2D eigenvalue weighted by Gasteiger charge is 2.39. The van der Waals surface area contributed by atoms with Crippen molar-refractivity contribution in [3.8, 4) is 0 Å². The van der Waals surface area contributed by atoms with E-state index in [0.717, 1.165) is 0 Å². The first-order chi connectivity index (χ1) is 16.5. The molecule has 1 aliphatic heterocycles. The Labute approximate surface area is 207 Å². The van der Waals surface area contributed by atoms with Crippen LogP contribution in [0.25, 0.3) is 10.8 Å². The van der Waals surface area contributed by atoms with Crippen molar-refractivity contribution in [3.63, 3.8) is 0 Å². The number of carboxylic acids is 2. The summed E-state index contributed by atoms with van der Waals surface area (Å²) >= 11 is 6.37. The lowest BCUT2D eigenvalue weighted by Gasteiger charge is -2.31. The molecule has 3 aromatic rings. The molecule has 0 saturated carbocycles. The van der Waals surface area contributed by atoms with E-state index in [1.54, 1.807) is 53.4 Å². The smallest absolute Gasteiger partial charge is 0.336 e. The van der Waals surface area contributed by atoms with Crippen LogP contribution in [0.3, 0.4) is 0 Å². The Morgan fingerprint density at radius 2 is 1.69 bits per heavy atom. The number of ether oxygens (including phenoxy) is 1. The zero-order valence-electron chi connectivity index (χ0n) is 19.6. The van der Waals surface area contributed by atoms with Crippen molar-refractivity contribution < 1.29 is 29.3 Å². The predicted octanol–water partition coefficient (Wildman–Crippen LogP) is 5.53. The Morgan fingerprint density at radius 1 is 1.00 bits per heavy atom. The molecule has 0 saturated heterocycles. The first-order valence-electron chi connectivity index (χ1n) is 11.2. The van der Waals surface area contributed by atoms with Gasteiger partial charge in [-0.2, -0.15) is 0 Å². The summed E-state index contributed by atoms with van der Waals surface area (Å²) in [6.07, 6.45) is -2.61. The SMILES string of the molecule is CC(C)(C)CN1C(=O)[C@@H](CC(=O)O)O[C@H](c2ccc(C(=O)O)c3ccccc23)c2cc(Cl)ccc21. The highest BCUT2D eigenvalue weighted by Crippen LogP contribution is 2.43. The first-order valence-corrected chi connectivity index (χ1v) is 11.6. The molecule has 182 valence electrons. The highest BCUT2D eigenvalue weighted by atomic mass is 35.5. The molecule has 1 heterocycles. The number of benzene rings is 3. The van der Waals surface area contributed by atoms with Gasteiger partial charge in [0.2, 0.25) is 0 Å². The van der Waals surface area contributed by atoms with Gasteiger partial charge >= 0.3 is 11.9 Å². The van der Waals surface area contributed by atoms with Gasteiger partial charge < -0.3 is 19.8 Å². The molecule has 0 unspecified atom stereocenters. The van der Waals surface area contributed by atoms with Crippen molar-refractivity contribution in [2.75, 3.05) is 11.4 Å². The van der Waals surface area contributed by atoms with Gasteiger partial charge in [-0.15, -0.1) is 0 Å². The summed E-state index contributed by atoms with van der Waals surface area (Å²) in [4.78, 5) is 38.7. The third kappa shape index (κ3) is 5.01. The Morgan fingerprint density at radius 3 is 2.31 bits per heavy atom. The van der Waals surface area contributed by atoms with Gasteiger partial charge in [0.25, 0.3) is 5.91 Å². The van der Waals surface area contributed by atoms with Crippen LogP contribution in [0.15, 0.2) is 54.6 Å². The molecule has 2 atom stereocenters. The lowest BCUT2D eigenvalue weighted by molar-refractivity contribution is -0.147. The minimum absolute atomic E-state index is 0.136. The number of aliphatic carboxylic acids is 1. The average molecular weight is 496 g/mol. The van der Waals surface area contributed by atoms with E-state index in [0.29, 0.717) is 39.2 Å². The maximum absolute atomic E-state index is 13.6. The molecule has 0 bridgehead atoms. The number of carbonyl (C=O) groups excluding carboxylic acids is 1. The number of rotatable bonds is 5. The third-order valence-corrected chi connectivity index (χ3v) is 6.10. The number of hydrogen-bond acceptors (Lipinski definition) is 4. The minimum atomic E-state index is -1.25. The number of halogens is 1. The van der Waals surface area contributed by atoms with Crippen LogP contribution in [-0.2, 0) is 14.3 Å². The van der Waals surface area contributed by atoms with E-state index in [1.165, 1.54) is 6.07 Å². The Balaban J connectivity index is 1.99. The van der Waals surface area contributed by atoms with E-state index in [4.69, 9.17) is 16.3 Å². The number of carbonyl (C=O) groups is 3. The predicted molar refractivity (Wildman–Crippen MR) is 133 cm³/mol. The van der Waals surface area contributed by atoms with Gasteiger partial charge in [-0.25, -0.2) is 4.79 Å². The van der Waals surface area contributed by atoms with E-state index in [1.807, 2.05) is 20.8 Å². The molecule has 2 N–H and O–H groups in total. The molecular formula is C27H26ClNO6. The molecular weight excluding hydrogens is 470 g/mol. The second kappa shape index (κ2) is 9.32. The van der Waals surface area contributed by atoms with Gasteiger partial charge in [-0.05, 0) is 46.0 Å². The molecule has 3 aromatic carbocycles. The standard InChI is InChI=1S/C27H26ClNO6/c1-27(2,3)14-29-21-11-8-15(28)12-20(21)24(35-22(25(29)32)13-23(30)31)18-9-10-19(26(33)34)17-7-5-4-6-16(17)18/h4-12,22,24H,13-14H2,1-3H3,(H,30,31)(H,33,34)/t22-,24-/m1/s1. The van der Waals surface area contributed by atoms with Crippen LogP contribution in [-0.4, -0.2) is 40.7 Å².